The van der Waals surface area contributed by atoms with E-state index < -0.39 is 5.54 Å². The zero-order chi connectivity index (χ0) is 18.4. The molecule has 2 aromatic rings. The highest BCUT2D eigenvalue weighted by Crippen LogP contribution is 2.29. The van der Waals surface area contributed by atoms with Crippen LogP contribution in [0.2, 0.25) is 0 Å². The van der Waals surface area contributed by atoms with Gasteiger partial charge in [0.05, 0.1) is 6.04 Å². The van der Waals surface area contributed by atoms with Crippen molar-refractivity contribution in [1.29, 1.82) is 0 Å². The van der Waals surface area contributed by atoms with Gasteiger partial charge >= 0.3 is 5.97 Å². The van der Waals surface area contributed by atoms with Crippen molar-refractivity contribution in [3.63, 3.8) is 0 Å². The Morgan fingerprint density at radius 1 is 1.23 bits per heavy atom. The van der Waals surface area contributed by atoms with Crippen LogP contribution in [-0.4, -0.2) is 24.1 Å². The van der Waals surface area contributed by atoms with Crippen molar-refractivity contribution < 1.29 is 9.53 Å². The van der Waals surface area contributed by atoms with E-state index in [1.807, 2.05) is 54.6 Å². The lowest BCUT2D eigenvalue weighted by Gasteiger charge is -2.27. The minimum Gasteiger partial charge on any atom is -0.459 e. The summed E-state index contributed by atoms with van der Waals surface area (Å²) in [5.74, 6) is -0.320. The van der Waals surface area contributed by atoms with Crippen LogP contribution in [0.4, 0.5) is 0 Å². The first-order valence-electron chi connectivity index (χ1n) is 8.36. The number of esters is 1. The summed E-state index contributed by atoms with van der Waals surface area (Å²) in [5, 5.41) is 7.03. The number of benzene rings is 2. The molecule has 134 valence electrons. The van der Waals surface area contributed by atoms with Crippen LogP contribution in [0.25, 0.3) is 10.4 Å². The zero-order valence-corrected chi connectivity index (χ0v) is 15.7. The molecule has 6 nitrogen and oxygen atoms in total. The van der Waals surface area contributed by atoms with E-state index in [9.17, 15) is 4.79 Å². The van der Waals surface area contributed by atoms with Gasteiger partial charge in [0, 0.05) is 22.4 Å². The quantitative estimate of drug-likeness (QED) is 0.333. The lowest BCUT2D eigenvalue weighted by atomic mass is 9.88. The number of hydrogen-bond acceptors (Lipinski definition) is 4. The molecule has 2 aromatic carbocycles. The average molecular weight is 415 g/mol. The Hall–Kier alpha value is -2.34. The highest BCUT2D eigenvalue weighted by atomic mass is 79.9. The van der Waals surface area contributed by atoms with Gasteiger partial charge in [-0.05, 0) is 35.2 Å². The van der Waals surface area contributed by atoms with Crippen molar-refractivity contribution in [3.8, 4) is 0 Å². The zero-order valence-electron chi connectivity index (χ0n) is 14.1. The van der Waals surface area contributed by atoms with Gasteiger partial charge in [0.2, 0.25) is 0 Å². The second kappa shape index (κ2) is 8.36. The molecule has 0 aromatic heterocycles. The van der Waals surface area contributed by atoms with E-state index in [0.717, 1.165) is 15.6 Å². The van der Waals surface area contributed by atoms with E-state index >= 15 is 0 Å². The van der Waals surface area contributed by atoms with Gasteiger partial charge in [-0.25, -0.2) is 0 Å². The summed E-state index contributed by atoms with van der Waals surface area (Å²) in [6.07, 6.45) is 0.895. The van der Waals surface area contributed by atoms with Crippen LogP contribution in [0.1, 0.15) is 17.5 Å². The first-order valence-corrected chi connectivity index (χ1v) is 9.15. The molecule has 0 amide bonds. The second-order valence-electron chi connectivity index (χ2n) is 6.39. The van der Waals surface area contributed by atoms with Gasteiger partial charge in [0.15, 0.2) is 0 Å². The van der Waals surface area contributed by atoms with Crippen LogP contribution in [-0.2, 0) is 22.6 Å². The van der Waals surface area contributed by atoms with Crippen LogP contribution in [0.15, 0.2) is 64.2 Å². The Bertz CT molecular complexity index is 806. The summed E-state index contributed by atoms with van der Waals surface area (Å²) in [6, 6.07) is 17.1. The molecule has 0 saturated carbocycles. The first-order chi connectivity index (χ1) is 12.6. The highest BCUT2D eigenvalue weighted by molar-refractivity contribution is 9.10. The molecule has 1 saturated heterocycles. The molecule has 1 aliphatic rings. The predicted octanol–water partition coefficient (Wildman–Crippen LogP) is 4.15. The van der Waals surface area contributed by atoms with E-state index in [4.69, 9.17) is 10.3 Å². The van der Waals surface area contributed by atoms with Crippen molar-refractivity contribution >= 4 is 21.9 Å². The molecule has 0 bridgehead atoms. The predicted molar refractivity (Wildman–Crippen MR) is 102 cm³/mol. The van der Waals surface area contributed by atoms with E-state index in [0.29, 0.717) is 19.4 Å². The molecule has 0 spiro atoms. The standard InChI is InChI=1S/C19H19BrN4O2/c20-16-8-6-14(7-9-16)10-19(11-17(12-22-19)23-24-21)18(25)26-13-15-4-2-1-3-5-15/h1-9,17,22H,10-13H2/t17-,19+/m0/s1. The molecule has 0 radical (unpaired) electrons. The number of rotatable bonds is 6. The summed E-state index contributed by atoms with van der Waals surface area (Å²) in [6.45, 7) is 0.677. The van der Waals surface area contributed by atoms with Crippen molar-refractivity contribution in [2.24, 2.45) is 5.11 Å². The maximum atomic E-state index is 12.9. The van der Waals surface area contributed by atoms with Crippen LogP contribution in [0, 0.1) is 0 Å². The summed E-state index contributed by atoms with van der Waals surface area (Å²) in [7, 11) is 0. The van der Waals surface area contributed by atoms with Gasteiger partial charge in [-0.2, -0.15) is 0 Å². The lowest BCUT2D eigenvalue weighted by Crippen LogP contribution is -2.50. The normalized spacial score (nSPS) is 21.8. The lowest BCUT2D eigenvalue weighted by molar-refractivity contribution is -0.152. The van der Waals surface area contributed by atoms with E-state index in [2.05, 4.69) is 31.3 Å². The fourth-order valence-electron chi connectivity index (χ4n) is 3.19. The number of carbonyl (C=O) groups is 1. The number of carbonyl (C=O) groups excluding carboxylic acids is 1. The molecule has 1 N–H and O–H groups in total. The van der Waals surface area contributed by atoms with E-state index in [1.54, 1.807) is 0 Å². The van der Waals surface area contributed by atoms with Gasteiger partial charge < -0.3 is 10.1 Å². The average Bonchev–Trinajstić information content (AvgIpc) is 3.07. The third-order valence-electron chi connectivity index (χ3n) is 4.50. The van der Waals surface area contributed by atoms with Crippen molar-refractivity contribution in [3.05, 3.63) is 80.6 Å². The summed E-state index contributed by atoms with van der Waals surface area (Å²) in [4.78, 5) is 15.8. The molecular formula is C19H19BrN4O2. The fraction of sp³-hybridized carbons (Fsp3) is 0.316. The Balaban J connectivity index is 1.77. The Labute approximate surface area is 160 Å². The Morgan fingerprint density at radius 2 is 1.96 bits per heavy atom. The SMILES string of the molecule is [N-]=[N+]=N[C@@H]1CN[C@@](Cc2ccc(Br)cc2)(C(=O)OCc2ccccc2)C1. The molecule has 3 rings (SSSR count). The van der Waals surface area contributed by atoms with E-state index in [1.165, 1.54) is 0 Å². The minimum absolute atomic E-state index is 0.218. The fourth-order valence-corrected chi connectivity index (χ4v) is 3.45. The summed E-state index contributed by atoms with van der Waals surface area (Å²) in [5.41, 5.74) is 9.78. The third kappa shape index (κ3) is 4.43. The summed E-state index contributed by atoms with van der Waals surface area (Å²) < 4.78 is 6.57. The monoisotopic (exact) mass is 414 g/mol. The smallest absolute Gasteiger partial charge is 0.327 e. The Morgan fingerprint density at radius 3 is 2.65 bits per heavy atom. The summed E-state index contributed by atoms with van der Waals surface area (Å²) >= 11 is 3.42. The van der Waals surface area contributed by atoms with Crippen molar-refractivity contribution in [1.82, 2.24) is 5.32 Å². The molecule has 1 fully saturated rings. The highest BCUT2D eigenvalue weighted by Gasteiger charge is 2.46. The largest absolute Gasteiger partial charge is 0.459 e. The first kappa shape index (κ1) is 18.5. The van der Waals surface area contributed by atoms with E-state index in [-0.39, 0.29) is 18.6 Å². The third-order valence-corrected chi connectivity index (χ3v) is 5.03. The van der Waals surface area contributed by atoms with Crippen LogP contribution in [0.3, 0.4) is 0 Å². The number of nitrogens with one attached hydrogen (secondary N) is 1. The molecule has 0 unspecified atom stereocenters. The van der Waals surface area contributed by atoms with Crippen LogP contribution < -0.4 is 5.32 Å². The van der Waals surface area contributed by atoms with Gasteiger partial charge in [-0.15, -0.1) is 0 Å². The maximum Gasteiger partial charge on any atom is 0.327 e. The number of ether oxygens (including phenoxy) is 1. The molecule has 1 aliphatic heterocycles. The van der Waals surface area contributed by atoms with Gasteiger partial charge in [0.25, 0.3) is 0 Å². The molecule has 1 heterocycles. The topological polar surface area (TPSA) is 87.1 Å². The van der Waals surface area contributed by atoms with Crippen LogP contribution in [0.5, 0.6) is 0 Å². The van der Waals surface area contributed by atoms with Gasteiger partial charge in [-0.1, -0.05) is 63.5 Å². The number of halogens is 1. The Kier molecular flexibility index (Phi) is 5.93. The van der Waals surface area contributed by atoms with Crippen LogP contribution >= 0.6 is 15.9 Å². The number of azide groups is 1. The molecule has 0 aliphatic carbocycles. The second-order valence-corrected chi connectivity index (χ2v) is 7.31. The van der Waals surface area contributed by atoms with Crippen molar-refractivity contribution in [2.75, 3.05) is 6.54 Å². The van der Waals surface area contributed by atoms with Crippen molar-refractivity contribution in [2.45, 2.75) is 31.0 Å². The molecule has 2 atom stereocenters. The molecule has 26 heavy (non-hydrogen) atoms. The molecular weight excluding hydrogens is 396 g/mol. The number of hydrogen-bond donors (Lipinski definition) is 1. The number of nitrogens with zero attached hydrogens (tertiary/aromatic N) is 3. The maximum absolute atomic E-state index is 12.9. The van der Waals surface area contributed by atoms with Gasteiger partial charge in [-0.3, -0.25) is 4.79 Å². The minimum atomic E-state index is -0.887. The van der Waals surface area contributed by atoms with Gasteiger partial charge in [0.1, 0.15) is 12.1 Å². The molecule has 7 heteroatoms.